The van der Waals surface area contributed by atoms with Gasteiger partial charge in [-0.3, -0.25) is 19.9 Å². The first kappa shape index (κ1) is 40.9. The lowest BCUT2D eigenvalue weighted by Gasteiger charge is -2.23. The number of benzene rings is 3. The van der Waals surface area contributed by atoms with Crippen molar-refractivity contribution >= 4 is 39.7 Å². The average Bonchev–Trinajstić information content (AvgIpc) is 3.76. The predicted molar refractivity (Wildman–Crippen MR) is 213 cm³/mol. The van der Waals surface area contributed by atoms with Crippen LogP contribution in [0.2, 0.25) is 0 Å². The van der Waals surface area contributed by atoms with Crippen LogP contribution in [0.1, 0.15) is 63.9 Å². The highest BCUT2D eigenvalue weighted by atomic mass is 19.1. The van der Waals surface area contributed by atoms with Gasteiger partial charge in [0.05, 0.1) is 17.4 Å². The van der Waals surface area contributed by atoms with Gasteiger partial charge < -0.3 is 24.0 Å². The molecule has 8 rings (SSSR count). The number of carbonyl (C=O) groups is 1. The number of methoxy groups -OCH3 is 2. The molecule has 5 aromatic rings. The maximum absolute atomic E-state index is 16.0. The molecule has 2 aromatic heterocycles. The molecule has 0 unspecified atom stereocenters. The van der Waals surface area contributed by atoms with Crippen molar-refractivity contribution in [2.24, 2.45) is 0 Å². The van der Waals surface area contributed by atoms with Crippen molar-refractivity contribution in [3.63, 3.8) is 0 Å². The molecular formula is C42H51FN6O6. The number of pyridine rings is 1. The number of halogens is 1. The van der Waals surface area contributed by atoms with E-state index in [4.69, 9.17) is 4.74 Å². The maximum atomic E-state index is 16.0. The number of aryl methyl sites for hydroxylation is 1. The monoisotopic (exact) mass is 754 g/mol. The third-order valence-electron chi connectivity index (χ3n) is 10.1. The molecule has 0 amide bonds. The number of hydrogen-bond donors (Lipinski definition) is 0. The van der Waals surface area contributed by atoms with Gasteiger partial charge in [-0.25, -0.2) is 4.39 Å². The summed E-state index contributed by atoms with van der Waals surface area (Å²) >= 11 is 0. The first-order chi connectivity index (χ1) is 26.8. The van der Waals surface area contributed by atoms with E-state index in [1.807, 2.05) is 18.2 Å². The molecule has 0 spiro atoms. The van der Waals surface area contributed by atoms with Crippen molar-refractivity contribution in [1.29, 1.82) is 0 Å². The highest BCUT2D eigenvalue weighted by Gasteiger charge is 2.28. The Morgan fingerprint density at radius 1 is 0.891 bits per heavy atom. The second-order valence-corrected chi connectivity index (χ2v) is 13.6. The summed E-state index contributed by atoms with van der Waals surface area (Å²) in [6.07, 6.45) is 13.1. The molecule has 0 atom stereocenters. The molecule has 5 heterocycles. The van der Waals surface area contributed by atoms with Gasteiger partial charge in [-0.05, 0) is 86.5 Å². The van der Waals surface area contributed by atoms with E-state index >= 15 is 4.39 Å². The number of nitro benzene ring substituents is 1. The zero-order chi connectivity index (χ0) is 39.2. The molecule has 3 aromatic carbocycles. The lowest BCUT2D eigenvalue weighted by molar-refractivity contribution is -0.384. The van der Waals surface area contributed by atoms with Crippen LogP contribution in [0, 0.1) is 15.9 Å². The van der Waals surface area contributed by atoms with Crippen LogP contribution in [0.15, 0.2) is 66.9 Å². The largest absolute Gasteiger partial charge is 0.467 e. The third-order valence-corrected chi connectivity index (χ3v) is 10.1. The lowest BCUT2D eigenvalue weighted by atomic mass is 9.95. The summed E-state index contributed by atoms with van der Waals surface area (Å²) in [4.78, 5) is 37.9. The number of fused-ring (bicyclic) bond motifs is 3. The van der Waals surface area contributed by atoms with Gasteiger partial charge in [-0.15, -0.1) is 0 Å². The first-order valence-electron chi connectivity index (χ1n) is 19.0. The lowest BCUT2D eigenvalue weighted by Crippen LogP contribution is -2.25. The Morgan fingerprint density at radius 3 is 2.13 bits per heavy atom. The molecule has 0 saturated carbocycles. The molecule has 55 heavy (non-hydrogen) atoms. The van der Waals surface area contributed by atoms with Gasteiger partial charge in [0.15, 0.2) is 5.82 Å². The van der Waals surface area contributed by atoms with Gasteiger partial charge in [-0.2, -0.15) is 9.97 Å². The number of rotatable bonds is 7. The van der Waals surface area contributed by atoms with Gasteiger partial charge in [-0.1, -0.05) is 56.2 Å². The van der Waals surface area contributed by atoms with Gasteiger partial charge >= 0.3 is 6.01 Å². The summed E-state index contributed by atoms with van der Waals surface area (Å²) in [5.74, 6) is 0.562. The summed E-state index contributed by atoms with van der Waals surface area (Å²) in [5, 5.41) is 12.9. The Hall–Kier alpha value is -5.27. The number of nitrogens with zero attached hydrogens (tertiary/aromatic N) is 6. The van der Waals surface area contributed by atoms with Crippen LogP contribution in [-0.4, -0.2) is 84.8 Å². The number of ether oxygens (including phenoxy) is 3. The second-order valence-electron chi connectivity index (χ2n) is 13.6. The number of carbonyl (C=O) groups excluding carboxylic acids is 1. The Balaban J connectivity index is 0.000000204. The molecule has 3 aliphatic heterocycles. The minimum Gasteiger partial charge on any atom is -0.467 e. The fourth-order valence-electron chi connectivity index (χ4n) is 7.48. The van der Waals surface area contributed by atoms with Crippen LogP contribution in [0.3, 0.4) is 0 Å². The summed E-state index contributed by atoms with van der Waals surface area (Å²) < 4.78 is 30.1. The Morgan fingerprint density at radius 2 is 1.55 bits per heavy atom. The third kappa shape index (κ3) is 10.3. The molecule has 3 saturated heterocycles. The van der Waals surface area contributed by atoms with Crippen molar-refractivity contribution in [2.45, 2.75) is 70.8 Å². The Labute approximate surface area is 321 Å². The normalized spacial score (nSPS) is 15.4. The number of aromatic nitrogens is 3. The zero-order valence-electron chi connectivity index (χ0n) is 32.2. The summed E-state index contributed by atoms with van der Waals surface area (Å²) in [6.45, 7) is 6.95. The molecule has 0 aliphatic carbocycles. The number of nitro groups is 1. The van der Waals surface area contributed by atoms with E-state index in [0.29, 0.717) is 16.9 Å². The van der Waals surface area contributed by atoms with E-state index in [-0.39, 0.29) is 29.4 Å². The summed E-state index contributed by atoms with van der Waals surface area (Å²) in [7, 11) is 4.77. The quantitative estimate of drug-likeness (QED) is 0.0899. The fraction of sp³-hybridized carbons (Fsp3) is 0.429. The molecule has 292 valence electrons. The van der Waals surface area contributed by atoms with Gasteiger partial charge in [0.1, 0.15) is 22.8 Å². The molecule has 13 heteroatoms. The van der Waals surface area contributed by atoms with E-state index in [1.165, 1.54) is 88.6 Å². The molecule has 0 bridgehead atoms. The van der Waals surface area contributed by atoms with Crippen LogP contribution in [0.5, 0.6) is 11.8 Å². The minimum absolute atomic E-state index is 0.0340. The molecule has 12 nitrogen and oxygen atoms in total. The van der Waals surface area contributed by atoms with Crippen LogP contribution < -0.4 is 14.4 Å². The van der Waals surface area contributed by atoms with Crippen LogP contribution in [0.4, 0.5) is 15.9 Å². The predicted octanol–water partition coefficient (Wildman–Crippen LogP) is 8.57. The minimum atomic E-state index is -0.523. The molecular weight excluding hydrogens is 703 g/mol. The zero-order valence-corrected chi connectivity index (χ0v) is 32.2. The standard InChI is InChI=1S/C26H27FN4O.C7H5NO4.C7H13N.C2H6O/c1-3-17-10-8-11-18-12-9-13-19(21(17)18)23-22(27)24-20(16-28-23)25(30-26(29-24)32-2)31-14-6-4-5-7-15-31;9-5-12-7-3-1-6(2-4-7)8(10)11;1-3-7-4-2-6-8(7)5-1;1-3-2/h8-13,16H,3-7,14-15H2,1-2H3;1-5H;7H,1-6H2;1-2H3. The molecule has 0 radical (unpaired) electrons. The van der Waals surface area contributed by atoms with Crippen molar-refractivity contribution in [2.75, 3.05) is 52.4 Å². The van der Waals surface area contributed by atoms with Crippen molar-refractivity contribution in [3.8, 4) is 23.0 Å². The van der Waals surface area contributed by atoms with Crippen LogP contribution in [0.25, 0.3) is 32.9 Å². The van der Waals surface area contributed by atoms with Crippen molar-refractivity contribution in [3.05, 3.63) is 88.4 Å². The fourth-order valence-corrected chi connectivity index (χ4v) is 7.48. The van der Waals surface area contributed by atoms with E-state index in [9.17, 15) is 14.9 Å². The van der Waals surface area contributed by atoms with Crippen LogP contribution >= 0.6 is 0 Å². The van der Waals surface area contributed by atoms with Crippen molar-refractivity contribution in [1.82, 2.24) is 19.9 Å². The number of hydrogen-bond acceptors (Lipinski definition) is 11. The van der Waals surface area contributed by atoms with Crippen LogP contribution in [-0.2, 0) is 16.0 Å². The summed E-state index contributed by atoms with van der Waals surface area (Å²) in [6, 6.07) is 18.6. The smallest absolute Gasteiger partial charge is 0.318 e. The number of anilines is 1. The van der Waals surface area contributed by atoms with E-state index < -0.39 is 10.7 Å². The first-order valence-corrected chi connectivity index (χ1v) is 19.0. The molecule has 0 N–H and O–H groups in total. The SMILES string of the molecule is C1CC2CCCN2C1.CCc1cccc2cccc(-c3ncc4c(N5CCCCCC5)nc(OC)nc4c3F)c12.COC.O=COc1ccc([N+](=O)[O-])cc1. The Kier molecular flexibility index (Phi) is 15.2. The average molecular weight is 755 g/mol. The number of non-ortho nitro benzene ring substituents is 1. The maximum Gasteiger partial charge on any atom is 0.318 e. The Bertz CT molecular complexity index is 2000. The molecule has 3 fully saturated rings. The molecule has 3 aliphatic rings. The van der Waals surface area contributed by atoms with Gasteiger partial charge in [0, 0.05) is 57.2 Å². The second kappa shape index (κ2) is 20.4. The topological polar surface area (TPSA) is 133 Å². The van der Waals surface area contributed by atoms with Crippen molar-refractivity contribution < 1.29 is 28.3 Å². The highest BCUT2D eigenvalue weighted by Crippen LogP contribution is 2.36. The highest BCUT2D eigenvalue weighted by molar-refractivity contribution is 6.00. The van der Waals surface area contributed by atoms with E-state index in [0.717, 1.165) is 54.7 Å². The van der Waals surface area contributed by atoms with Gasteiger partial charge in [0.2, 0.25) is 0 Å². The van der Waals surface area contributed by atoms with E-state index in [1.54, 1.807) is 20.4 Å². The summed E-state index contributed by atoms with van der Waals surface area (Å²) in [5.41, 5.74) is 2.49. The van der Waals surface area contributed by atoms with E-state index in [2.05, 4.69) is 59.3 Å². The van der Waals surface area contributed by atoms with Gasteiger partial charge in [0.25, 0.3) is 12.2 Å².